The van der Waals surface area contributed by atoms with Crippen molar-refractivity contribution in [2.75, 3.05) is 6.54 Å². The van der Waals surface area contributed by atoms with E-state index >= 15 is 0 Å². The van der Waals surface area contributed by atoms with Gasteiger partial charge in [-0.25, -0.2) is 9.18 Å². The Balaban J connectivity index is 2.00. The van der Waals surface area contributed by atoms with E-state index in [9.17, 15) is 9.18 Å². The lowest BCUT2D eigenvalue weighted by Crippen LogP contribution is -2.40. The van der Waals surface area contributed by atoms with Crippen molar-refractivity contribution in [1.82, 2.24) is 4.90 Å². The number of fused-ring (bicyclic) bond motifs is 1. The minimum Gasteiger partial charge on any atom is -0.444 e. The monoisotopic (exact) mass is 243 g/mol. The molecule has 4 heteroatoms. The van der Waals surface area contributed by atoms with Crippen LogP contribution in [-0.2, 0) is 4.74 Å². The molecule has 0 aromatic heterocycles. The molecule has 1 aliphatic carbocycles. The number of hydrogen-bond donors (Lipinski definition) is 0. The van der Waals surface area contributed by atoms with Crippen molar-refractivity contribution < 1.29 is 13.9 Å². The molecule has 3 atom stereocenters. The van der Waals surface area contributed by atoms with Crippen LogP contribution in [0.2, 0.25) is 0 Å². The van der Waals surface area contributed by atoms with Gasteiger partial charge in [0, 0.05) is 12.5 Å². The smallest absolute Gasteiger partial charge is 0.410 e. The van der Waals surface area contributed by atoms with Gasteiger partial charge >= 0.3 is 6.09 Å². The lowest BCUT2D eigenvalue weighted by molar-refractivity contribution is 0.0201. The summed E-state index contributed by atoms with van der Waals surface area (Å²) < 4.78 is 19.0. The van der Waals surface area contributed by atoms with Crippen LogP contribution >= 0.6 is 0 Å². The third kappa shape index (κ3) is 2.90. The molecule has 1 saturated heterocycles. The quantitative estimate of drug-likeness (QED) is 0.654. The van der Waals surface area contributed by atoms with Gasteiger partial charge in [-0.1, -0.05) is 12.8 Å². The van der Waals surface area contributed by atoms with Crippen LogP contribution < -0.4 is 0 Å². The molecule has 0 aromatic rings. The molecule has 3 nitrogen and oxygen atoms in total. The molecule has 98 valence electrons. The van der Waals surface area contributed by atoms with Crippen molar-refractivity contribution in [3.05, 3.63) is 0 Å². The SMILES string of the molecule is CC(C)(C)OC(=O)N1CCCCC[C@@H]2C1[C@H]2F. The van der Waals surface area contributed by atoms with Crippen LogP contribution in [0.25, 0.3) is 0 Å². The summed E-state index contributed by atoms with van der Waals surface area (Å²) in [5, 5.41) is 0. The number of rotatable bonds is 0. The summed E-state index contributed by atoms with van der Waals surface area (Å²) in [7, 11) is 0. The van der Waals surface area contributed by atoms with E-state index in [0.717, 1.165) is 25.7 Å². The number of hydrogen-bond acceptors (Lipinski definition) is 2. The molecule has 17 heavy (non-hydrogen) atoms. The predicted octanol–water partition coefficient (Wildman–Crippen LogP) is 3.13. The Morgan fingerprint density at radius 1 is 1.29 bits per heavy atom. The van der Waals surface area contributed by atoms with E-state index in [0.29, 0.717) is 6.54 Å². The highest BCUT2D eigenvalue weighted by atomic mass is 19.1. The summed E-state index contributed by atoms with van der Waals surface area (Å²) in [6.07, 6.45) is 2.84. The van der Waals surface area contributed by atoms with E-state index in [2.05, 4.69) is 0 Å². The maximum atomic E-state index is 13.6. The van der Waals surface area contributed by atoms with Crippen molar-refractivity contribution in [2.24, 2.45) is 5.92 Å². The van der Waals surface area contributed by atoms with Crippen LogP contribution in [0.3, 0.4) is 0 Å². The second kappa shape index (κ2) is 4.46. The first-order valence-electron chi connectivity index (χ1n) is 6.54. The maximum Gasteiger partial charge on any atom is 0.410 e. The van der Waals surface area contributed by atoms with Gasteiger partial charge in [-0.05, 0) is 33.6 Å². The van der Waals surface area contributed by atoms with Crippen molar-refractivity contribution in [3.8, 4) is 0 Å². The second-order valence-electron chi connectivity index (χ2n) is 6.12. The molecule has 2 aliphatic rings. The zero-order valence-corrected chi connectivity index (χ0v) is 10.9. The standard InChI is InChI=1S/C13H22FNO2/c1-13(2,3)17-12(16)15-8-6-4-5-7-9-10(14)11(9)15/h9-11H,4-8H2,1-3H3/t9-,10-,11?/m0/s1. The largest absolute Gasteiger partial charge is 0.444 e. The average molecular weight is 243 g/mol. The molecule has 2 rings (SSSR count). The van der Waals surface area contributed by atoms with E-state index < -0.39 is 11.8 Å². The van der Waals surface area contributed by atoms with Gasteiger partial charge in [0.05, 0.1) is 6.04 Å². The Kier molecular flexibility index (Phi) is 3.32. The van der Waals surface area contributed by atoms with Gasteiger partial charge in [-0.2, -0.15) is 0 Å². The Hall–Kier alpha value is -0.800. The molecule has 1 aliphatic heterocycles. The van der Waals surface area contributed by atoms with Crippen LogP contribution in [-0.4, -0.2) is 35.4 Å². The number of carbonyl (C=O) groups is 1. The third-order valence-electron chi connectivity index (χ3n) is 3.46. The summed E-state index contributed by atoms with van der Waals surface area (Å²) in [6, 6.07) is -0.217. The van der Waals surface area contributed by atoms with Crippen molar-refractivity contribution >= 4 is 6.09 Å². The molecule has 0 aromatic carbocycles. The van der Waals surface area contributed by atoms with Gasteiger partial charge in [-0.15, -0.1) is 0 Å². The van der Waals surface area contributed by atoms with Crippen LogP contribution in [0.15, 0.2) is 0 Å². The second-order valence-corrected chi connectivity index (χ2v) is 6.12. The van der Waals surface area contributed by atoms with Crippen molar-refractivity contribution in [3.63, 3.8) is 0 Å². The van der Waals surface area contributed by atoms with Gasteiger partial charge < -0.3 is 9.64 Å². The predicted molar refractivity (Wildman–Crippen MR) is 63.6 cm³/mol. The first-order chi connectivity index (χ1) is 7.90. The Labute approximate surface area is 102 Å². The number of amides is 1. The number of halogens is 1. The lowest BCUT2D eigenvalue weighted by atomic mass is 10.1. The molecule has 2 fully saturated rings. The van der Waals surface area contributed by atoms with Crippen LogP contribution in [0.1, 0.15) is 46.5 Å². The third-order valence-corrected chi connectivity index (χ3v) is 3.46. The minimum absolute atomic E-state index is 0.0582. The highest BCUT2D eigenvalue weighted by molar-refractivity contribution is 5.69. The molecule has 0 N–H and O–H groups in total. The summed E-state index contributed by atoms with van der Waals surface area (Å²) in [5.74, 6) is 0.0582. The van der Waals surface area contributed by atoms with Crippen molar-refractivity contribution in [2.45, 2.75) is 64.3 Å². The van der Waals surface area contributed by atoms with E-state index in [4.69, 9.17) is 4.74 Å². The molecule has 0 spiro atoms. The average Bonchev–Trinajstić information content (AvgIpc) is 2.71. The molecule has 1 heterocycles. The number of alkyl halides is 1. The summed E-state index contributed by atoms with van der Waals surface area (Å²) in [4.78, 5) is 13.6. The number of carbonyl (C=O) groups excluding carboxylic acids is 1. The highest BCUT2D eigenvalue weighted by Crippen LogP contribution is 2.44. The zero-order chi connectivity index (χ0) is 12.6. The summed E-state index contributed by atoms with van der Waals surface area (Å²) >= 11 is 0. The molecule has 1 amide bonds. The number of nitrogens with zero attached hydrogens (tertiary/aromatic N) is 1. The van der Waals surface area contributed by atoms with Gasteiger partial charge in [0.1, 0.15) is 11.8 Å². The molecular formula is C13H22FNO2. The fourth-order valence-corrected chi connectivity index (χ4v) is 2.57. The van der Waals surface area contributed by atoms with Crippen LogP contribution in [0.4, 0.5) is 9.18 Å². The van der Waals surface area contributed by atoms with E-state index in [1.54, 1.807) is 4.90 Å². The summed E-state index contributed by atoms with van der Waals surface area (Å²) in [6.45, 7) is 6.15. The molecule has 0 radical (unpaired) electrons. The number of likely N-dealkylation sites (tertiary alicyclic amines) is 1. The molecule has 1 saturated carbocycles. The first-order valence-corrected chi connectivity index (χ1v) is 6.54. The van der Waals surface area contributed by atoms with E-state index in [1.807, 2.05) is 20.8 Å². The van der Waals surface area contributed by atoms with Gasteiger partial charge in [0.15, 0.2) is 0 Å². The first kappa shape index (κ1) is 12.7. The van der Waals surface area contributed by atoms with Gasteiger partial charge in [0.2, 0.25) is 0 Å². The van der Waals surface area contributed by atoms with Crippen LogP contribution in [0, 0.1) is 5.92 Å². The Bertz CT molecular complexity index is 300. The normalized spacial score (nSPS) is 33.4. The topological polar surface area (TPSA) is 29.5 Å². The van der Waals surface area contributed by atoms with E-state index in [-0.39, 0.29) is 18.1 Å². The highest BCUT2D eigenvalue weighted by Gasteiger charge is 2.56. The lowest BCUT2D eigenvalue weighted by Gasteiger charge is -2.28. The van der Waals surface area contributed by atoms with Crippen molar-refractivity contribution in [1.29, 1.82) is 0 Å². The molecule has 1 unspecified atom stereocenters. The zero-order valence-electron chi connectivity index (χ0n) is 10.9. The molecular weight excluding hydrogens is 221 g/mol. The van der Waals surface area contributed by atoms with E-state index in [1.165, 1.54) is 0 Å². The minimum atomic E-state index is -0.833. The number of ether oxygens (including phenoxy) is 1. The fourth-order valence-electron chi connectivity index (χ4n) is 2.57. The Morgan fingerprint density at radius 2 is 2.00 bits per heavy atom. The molecule has 0 bridgehead atoms. The van der Waals surface area contributed by atoms with Gasteiger partial charge in [0.25, 0.3) is 0 Å². The maximum absolute atomic E-state index is 13.6. The summed E-state index contributed by atoms with van der Waals surface area (Å²) in [5.41, 5.74) is -0.504. The fraction of sp³-hybridized carbons (Fsp3) is 0.923. The van der Waals surface area contributed by atoms with Gasteiger partial charge in [-0.3, -0.25) is 0 Å². The Morgan fingerprint density at radius 3 is 2.65 bits per heavy atom. The van der Waals surface area contributed by atoms with Crippen LogP contribution in [0.5, 0.6) is 0 Å².